The molecule has 3 rings (SSSR count). The van der Waals surface area contributed by atoms with Crippen molar-refractivity contribution in [2.45, 2.75) is 6.61 Å². The van der Waals surface area contributed by atoms with E-state index in [2.05, 4.69) is 21.1 Å². The van der Waals surface area contributed by atoms with Crippen LogP contribution in [0.2, 0.25) is 0 Å². The van der Waals surface area contributed by atoms with Gasteiger partial charge >= 0.3 is 0 Å². The lowest BCUT2D eigenvalue weighted by Crippen LogP contribution is -1.96. The third-order valence-corrected chi connectivity index (χ3v) is 4.42. The molecule has 0 radical (unpaired) electrons. The minimum atomic E-state index is -0.225. The van der Waals surface area contributed by atoms with E-state index >= 15 is 0 Å². The minimum Gasteiger partial charge on any atom is -0.496 e. The van der Waals surface area contributed by atoms with Crippen LogP contribution in [0.25, 0.3) is 22.6 Å². The summed E-state index contributed by atoms with van der Waals surface area (Å²) >= 11 is 3.50. The Kier molecular flexibility index (Phi) is 4.87. The Balaban J connectivity index is 2.24. The highest BCUT2D eigenvalue weighted by atomic mass is 79.9. The van der Waals surface area contributed by atoms with Crippen LogP contribution in [-0.4, -0.2) is 24.5 Å². The number of aliphatic hydroxyl groups is 1. The zero-order valence-electron chi connectivity index (χ0n) is 13.2. The number of rotatable bonds is 5. The SMILES string of the molecule is COc1cccc(OC)c1-c1noc(-c2ccccc2Br)c1CO. The summed E-state index contributed by atoms with van der Waals surface area (Å²) in [4.78, 5) is 0. The Morgan fingerprint density at radius 3 is 2.29 bits per heavy atom. The fraction of sp³-hybridized carbons (Fsp3) is 0.167. The lowest BCUT2D eigenvalue weighted by atomic mass is 10.0. The second kappa shape index (κ2) is 7.07. The highest BCUT2D eigenvalue weighted by Crippen LogP contribution is 2.43. The third-order valence-electron chi connectivity index (χ3n) is 3.73. The van der Waals surface area contributed by atoms with Gasteiger partial charge in [0.1, 0.15) is 17.2 Å². The largest absolute Gasteiger partial charge is 0.496 e. The van der Waals surface area contributed by atoms with Crippen LogP contribution in [0.3, 0.4) is 0 Å². The first-order chi connectivity index (χ1) is 11.7. The van der Waals surface area contributed by atoms with E-state index in [1.165, 1.54) is 0 Å². The monoisotopic (exact) mass is 389 g/mol. The van der Waals surface area contributed by atoms with Crippen LogP contribution in [0, 0.1) is 0 Å². The van der Waals surface area contributed by atoms with Crippen molar-refractivity contribution in [1.29, 1.82) is 0 Å². The number of hydrogen-bond donors (Lipinski definition) is 1. The molecule has 0 unspecified atom stereocenters. The summed E-state index contributed by atoms with van der Waals surface area (Å²) in [6, 6.07) is 13.1. The molecule has 1 N–H and O–H groups in total. The van der Waals surface area contributed by atoms with Gasteiger partial charge in [0.2, 0.25) is 0 Å². The molecule has 1 heterocycles. The van der Waals surface area contributed by atoms with Gasteiger partial charge < -0.3 is 19.1 Å². The normalized spacial score (nSPS) is 10.7. The van der Waals surface area contributed by atoms with E-state index in [1.54, 1.807) is 14.2 Å². The molecule has 5 nitrogen and oxygen atoms in total. The lowest BCUT2D eigenvalue weighted by Gasteiger charge is -2.11. The number of halogens is 1. The second-order valence-electron chi connectivity index (χ2n) is 5.01. The van der Waals surface area contributed by atoms with Crippen LogP contribution < -0.4 is 9.47 Å². The van der Waals surface area contributed by atoms with Gasteiger partial charge in [-0.15, -0.1) is 0 Å². The number of aromatic nitrogens is 1. The number of benzene rings is 2. The Labute approximate surface area is 147 Å². The first kappa shape index (κ1) is 16.5. The molecular formula is C18H16BrNO4. The summed E-state index contributed by atoms with van der Waals surface area (Å²) < 4.78 is 17.3. The summed E-state index contributed by atoms with van der Waals surface area (Å²) in [6.07, 6.45) is 0. The highest BCUT2D eigenvalue weighted by molar-refractivity contribution is 9.10. The van der Waals surface area contributed by atoms with Crippen LogP contribution in [0.1, 0.15) is 5.56 Å². The number of aliphatic hydroxyl groups excluding tert-OH is 1. The quantitative estimate of drug-likeness (QED) is 0.705. The van der Waals surface area contributed by atoms with E-state index in [0.29, 0.717) is 34.1 Å². The molecule has 3 aromatic rings. The lowest BCUT2D eigenvalue weighted by molar-refractivity contribution is 0.281. The van der Waals surface area contributed by atoms with Crippen LogP contribution >= 0.6 is 15.9 Å². The van der Waals surface area contributed by atoms with Crippen molar-refractivity contribution in [2.75, 3.05) is 14.2 Å². The summed E-state index contributed by atoms with van der Waals surface area (Å²) in [5, 5.41) is 14.1. The van der Waals surface area contributed by atoms with Crippen LogP contribution in [0.5, 0.6) is 11.5 Å². The van der Waals surface area contributed by atoms with E-state index < -0.39 is 0 Å². The molecular weight excluding hydrogens is 374 g/mol. The van der Waals surface area contributed by atoms with E-state index in [9.17, 15) is 5.11 Å². The highest BCUT2D eigenvalue weighted by Gasteiger charge is 2.24. The molecule has 24 heavy (non-hydrogen) atoms. The maximum Gasteiger partial charge on any atom is 0.174 e. The standard InChI is InChI=1S/C18H16BrNO4/c1-22-14-8-5-9-15(23-2)16(14)17-12(10-21)18(24-20-17)11-6-3-4-7-13(11)19/h3-9,21H,10H2,1-2H3. The van der Waals surface area contributed by atoms with Crippen molar-refractivity contribution < 1.29 is 19.1 Å². The Bertz CT molecular complexity index is 838. The molecule has 0 saturated carbocycles. The van der Waals surface area contributed by atoms with Gasteiger partial charge in [-0.25, -0.2) is 0 Å². The van der Waals surface area contributed by atoms with Crippen LogP contribution in [0.15, 0.2) is 51.5 Å². The number of ether oxygens (including phenoxy) is 2. The van der Waals surface area contributed by atoms with Crippen molar-refractivity contribution in [3.05, 3.63) is 52.5 Å². The molecule has 0 fully saturated rings. The van der Waals surface area contributed by atoms with Gasteiger partial charge in [-0.1, -0.05) is 39.3 Å². The maximum absolute atomic E-state index is 9.93. The topological polar surface area (TPSA) is 64.7 Å². The van der Waals surface area contributed by atoms with Gasteiger partial charge in [-0.2, -0.15) is 0 Å². The average Bonchev–Trinajstić information content (AvgIpc) is 3.04. The minimum absolute atomic E-state index is 0.225. The van der Waals surface area contributed by atoms with Crippen molar-refractivity contribution in [3.8, 4) is 34.1 Å². The Morgan fingerprint density at radius 2 is 1.71 bits per heavy atom. The maximum atomic E-state index is 9.93. The van der Waals surface area contributed by atoms with Gasteiger partial charge in [0.15, 0.2) is 5.76 Å². The molecule has 124 valence electrons. The predicted molar refractivity (Wildman–Crippen MR) is 94.1 cm³/mol. The molecule has 0 aliphatic heterocycles. The summed E-state index contributed by atoms with van der Waals surface area (Å²) in [5.74, 6) is 1.69. The van der Waals surface area contributed by atoms with E-state index in [0.717, 1.165) is 10.0 Å². The molecule has 0 aliphatic rings. The smallest absolute Gasteiger partial charge is 0.174 e. The predicted octanol–water partition coefficient (Wildman–Crippen LogP) is 4.28. The average molecular weight is 390 g/mol. The van der Waals surface area contributed by atoms with Crippen molar-refractivity contribution in [1.82, 2.24) is 5.16 Å². The molecule has 0 saturated heterocycles. The van der Waals surface area contributed by atoms with Crippen LogP contribution in [0.4, 0.5) is 0 Å². The number of nitrogens with zero attached hydrogens (tertiary/aromatic N) is 1. The number of methoxy groups -OCH3 is 2. The number of hydrogen-bond acceptors (Lipinski definition) is 5. The van der Waals surface area contributed by atoms with Gasteiger partial charge in [0.05, 0.1) is 32.0 Å². The van der Waals surface area contributed by atoms with Gasteiger partial charge in [-0.3, -0.25) is 0 Å². The molecule has 0 spiro atoms. The molecule has 0 bridgehead atoms. The van der Waals surface area contributed by atoms with Gasteiger partial charge in [-0.05, 0) is 24.3 Å². The molecule has 0 aliphatic carbocycles. The van der Waals surface area contributed by atoms with Gasteiger partial charge in [0.25, 0.3) is 0 Å². The Hall–Kier alpha value is -2.31. The summed E-state index contributed by atoms with van der Waals surface area (Å²) in [6.45, 7) is -0.225. The van der Waals surface area contributed by atoms with Crippen molar-refractivity contribution in [2.24, 2.45) is 0 Å². The van der Waals surface area contributed by atoms with Crippen molar-refractivity contribution >= 4 is 15.9 Å². The van der Waals surface area contributed by atoms with E-state index in [4.69, 9.17) is 14.0 Å². The van der Waals surface area contributed by atoms with Gasteiger partial charge in [0, 0.05) is 10.0 Å². The second-order valence-corrected chi connectivity index (χ2v) is 5.87. The summed E-state index contributed by atoms with van der Waals surface area (Å²) in [5.41, 5.74) is 2.53. The van der Waals surface area contributed by atoms with E-state index in [-0.39, 0.29) is 6.61 Å². The van der Waals surface area contributed by atoms with Crippen LogP contribution in [-0.2, 0) is 6.61 Å². The zero-order chi connectivity index (χ0) is 17.1. The Morgan fingerprint density at radius 1 is 1.04 bits per heavy atom. The molecule has 1 aromatic heterocycles. The molecule has 0 amide bonds. The van der Waals surface area contributed by atoms with Crippen molar-refractivity contribution in [3.63, 3.8) is 0 Å². The fourth-order valence-electron chi connectivity index (χ4n) is 2.59. The molecule has 0 atom stereocenters. The first-order valence-electron chi connectivity index (χ1n) is 7.27. The fourth-order valence-corrected chi connectivity index (χ4v) is 3.06. The zero-order valence-corrected chi connectivity index (χ0v) is 14.8. The molecule has 6 heteroatoms. The third kappa shape index (κ3) is 2.79. The van der Waals surface area contributed by atoms with E-state index in [1.807, 2.05) is 42.5 Å². The summed E-state index contributed by atoms with van der Waals surface area (Å²) in [7, 11) is 3.15. The first-order valence-corrected chi connectivity index (χ1v) is 8.06. The molecule has 2 aromatic carbocycles.